The number of hydrogen-bond donors (Lipinski definition) is 0. The predicted molar refractivity (Wildman–Crippen MR) is 89.2 cm³/mol. The number of nitrogens with zero attached hydrogens (tertiary/aromatic N) is 2. The summed E-state index contributed by atoms with van der Waals surface area (Å²) in [5.41, 5.74) is 1.30. The molecule has 1 unspecified atom stereocenters. The molecule has 2 nitrogen and oxygen atoms in total. The molecule has 0 aliphatic carbocycles. The summed E-state index contributed by atoms with van der Waals surface area (Å²) in [5, 5.41) is 0. The van der Waals surface area contributed by atoms with E-state index in [-0.39, 0.29) is 0 Å². The highest BCUT2D eigenvalue weighted by Gasteiger charge is 2.25. The van der Waals surface area contributed by atoms with Crippen LogP contribution in [0.25, 0.3) is 6.08 Å². The van der Waals surface area contributed by atoms with Gasteiger partial charge >= 0.3 is 0 Å². The van der Waals surface area contributed by atoms with Crippen LogP contribution >= 0.6 is 11.8 Å². The molecule has 1 aromatic carbocycles. The van der Waals surface area contributed by atoms with Gasteiger partial charge in [-0.1, -0.05) is 42.5 Å². The van der Waals surface area contributed by atoms with Crippen LogP contribution in [-0.4, -0.2) is 60.1 Å². The molecule has 0 N–H and O–H groups in total. The lowest BCUT2D eigenvalue weighted by Crippen LogP contribution is -2.50. The van der Waals surface area contributed by atoms with E-state index in [1.807, 2.05) is 0 Å². The van der Waals surface area contributed by atoms with Crippen LogP contribution in [0.15, 0.2) is 36.4 Å². The second-order valence-corrected chi connectivity index (χ2v) is 6.82. The lowest BCUT2D eigenvalue weighted by molar-refractivity contribution is 0.112. The first-order chi connectivity index (χ1) is 9.92. The van der Waals surface area contributed by atoms with Crippen molar-refractivity contribution >= 4 is 17.8 Å². The molecule has 108 valence electrons. The molecule has 0 radical (unpaired) electrons. The fraction of sp³-hybridized carbons (Fsp3) is 0.529. The molecule has 2 heterocycles. The summed E-state index contributed by atoms with van der Waals surface area (Å²) >= 11 is 2.12. The highest BCUT2D eigenvalue weighted by molar-refractivity contribution is 7.99. The highest BCUT2D eigenvalue weighted by Crippen LogP contribution is 2.23. The third kappa shape index (κ3) is 3.87. The van der Waals surface area contributed by atoms with Gasteiger partial charge in [0.25, 0.3) is 0 Å². The zero-order valence-electron chi connectivity index (χ0n) is 12.1. The summed E-state index contributed by atoms with van der Waals surface area (Å²) in [6, 6.07) is 11.4. The van der Waals surface area contributed by atoms with E-state index in [9.17, 15) is 0 Å². The molecule has 2 aliphatic heterocycles. The van der Waals surface area contributed by atoms with E-state index in [0.29, 0.717) is 0 Å². The maximum absolute atomic E-state index is 2.71. The summed E-state index contributed by atoms with van der Waals surface area (Å²) < 4.78 is 0. The van der Waals surface area contributed by atoms with Crippen molar-refractivity contribution in [1.82, 2.24) is 9.80 Å². The van der Waals surface area contributed by atoms with E-state index in [1.165, 1.54) is 49.7 Å². The number of piperazine rings is 1. The van der Waals surface area contributed by atoms with Gasteiger partial charge in [0.15, 0.2) is 0 Å². The second-order valence-electron chi connectivity index (χ2n) is 5.67. The van der Waals surface area contributed by atoms with Gasteiger partial charge in [0, 0.05) is 44.5 Å². The smallest absolute Gasteiger partial charge is 0.0195 e. The number of benzene rings is 1. The fourth-order valence-corrected chi connectivity index (χ4v) is 4.28. The molecule has 2 aliphatic rings. The van der Waals surface area contributed by atoms with Crippen LogP contribution in [-0.2, 0) is 0 Å². The Hall–Kier alpha value is -0.770. The van der Waals surface area contributed by atoms with Crippen molar-refractivity contribution in [2.75, 3.05) is 44.2 Å². The summed E-state index contributed by atoms with van der Waals surface area (Å²) in [6.45, 7) is 6.04. The van der Waals surface area contributed by atoms with E-state index in [2.05, 4.69) is 64.0 Å². The minimum atomic E-state index is 0.863. The van der Waals surface area contributed by atoms with E-state index in [4.69, 9.17) is 0 Å². The zero-order chi connectivity index (χ0) is 13.6. The predicted octanol–water partition coefficient (Wildman–Crippen LogP) is 2.82. The molecule has 3 heteroatoms. The Morgan fingerprint density at radius 2 is 1.90 bits per heavy atom. The summed E-state index contributed by atoms with van der Waals surface area (Å²) in [7, 11) is 0. The largest absolute Gasteiger partial charge is 0.297 e. The average Bonchev–Trinajstić information content (AvgIpc) is 3.03. The Labute approximate surface area is 126 Å². The minimum absolute atomic E-state index is 0.863. The maximum atomic E-state index is 2.71. The molecule has 0 amide bonds. The van der Waals surface area contributed by atoms with Crippen LogP contribution in [0.2, 0.25) is 0 Å². The molecule has 0 bridgehead atoms. The molecular formula is C17H24N2S. The zero-order valence-corrected chi connectivity index (χ0v) is 12.9. The first kappa shape index (κ1) is 14.2. The molecule has 1 atom stereocenters. The van der Waals surface area contributed by atoms with Crippen LogP contribution in [0.4, 0.5) is 0 Å². The van der Waals surface area contributed by atoms with E-state index >= 15 is 0 Å². The monoisotopic (exact) mass is 288 g/mol. The molecule has 2 saturated heterocycles. The molecule has 0 aromatic heterocycles. The number of rotatable bonds is 4. The Morgan fingerprint density at radius 3 is 2.60 bits per heavy atom. The quantitative estimate of drug-likeness (QED) is 0.841. The van der Waals surface area contributed by atoms with Crippen LogP contribution in [0.1, 0.15) is 12.0 Å². The average molecular weight is 288 g/mol. The van der Waals surface area contributed by atoms with Gasteiger partial charge in [-0.3, -0.25) is 9.80 Å². The fourth-order valence-electron chi connectivity index (χ4n) is 3.02. The molecule has 2 fully saturated rings. The molecule has 20 heavy (non-hydrogen) atoms. The Balaban J connectivity index is 1.41. The van der Waals surface area contributed by atoms with E-state index in [1.54, 1.807) is 0 Å². The third-order valence-corrected chi connectivity index (χ3v) is 5.45. The van der Waals surface area contributed by atoms with Crippen molar-refractivity contribution in [2.45, 2.75) is 12.5 Å². The van der Waals surface area contributed by atoms with Crippen molar-refractivity contribution in [2.24, 2.45) is 0 Å². The molecule has 0 spiro atoms. The molecule has 1 aromatic rings. The van der Waals surface area contributed by atoms with Gasteiger partial charge in [0.05, 0.1) is 0 Å². The van der Waals surface area contributed by atoms with Crippen molar-refractivity contribution < 1.29 is 0 Å². The highest BCUT2D eigenvalue weighted by atomic mass is 32.2. The van der Waals surface area contributed by atoms with Crippen LogP contribution in [0, 0.1) is 0 Å². The molecule has 0 saturated carbocycles. The minimum Gasteiger partial charge on any atom is -0.297 e. The van der Waals surface area contributed by atoms with Gasteiger partial charge in [-0.05, 0) is 17.7 Å². The topological polar surface area (TPSA) is 6.48 Å². The van der Waals surface area contributed by atoms with Crippen molar-refractivity contribution in [3.8, 4) is 0 Å². The third-order valence-electron chi connectivity index (χ3n) is 4.30. The first-order valence-corrected chi connectivity index (χ1v) is 8.83. The summed E-state index contributed by atoms with van der Waals surface area (Å²) in [5.74, 6) is 2.72. The van der Waals surface area contributed by atoms with Gasteiger partial charge in [0.1, 0.15) is 0 Å². The standard InChI is InChI=1S/C17H24N2S/c1-2-5-16(6-3-1)7-4-9-18-10-12-19(13-11-18)17-8-14-20-15-17/h1-7,17H,8-15H2. The van der Waals surface area contributed by atoms with Crippen LogP contribution in [0.3, 0.4) is 0 Å². The van der Waals surface area contributed by atoms with Gasteiger partial charge in [0.2, 0.25) is 0 Å². The molecular weight excluding hydrogens is 264 g/mol. The van der Waals surface area contributed by atoms with Crippen LogP contribution in [0.5, 0.6) is 0 Å². The van der Waals surface area contributed by atoms with Crippen molar-refractivity contribution in [1.29, 1.82) is 0 Å². The van der Waals surface area contributed by atoms with Gasteiger partial charge in [-0.25, -0.2) is 0 Å². The van der Waals surface area contributed by atoms with Crippen molar-refractivity contribution in [3.63, 3.8) is 0 Å². The lowest BCUT2D eigenvalue weighted by atomic mass is 10.2. The number of hydrogen-bond acceptors (Lipinski definition) is 3. The molecule has 3 rings (SSSR count). The Kier molecular flexibility index (Phi) is 5.17. The van der Waals surface area contributed by atoms with Gasteiger partial charge in [-0.2, -0.15) is 11.8 Å². The lowest BCUT2D eigenvalue weighted by Gasteiger charge is -2.37. The second kappa shape index (κ2) is 7.30. The van der Waals surface area contributed by atoms with Gasteiger partial charge < -0.3 is 0 Å². The summed E-state index contributed by atoms with van der Waals surface area (Å²) in [6.07, 6.45) is 5.94. The van der Waals surface area contributed by atoms with Gasteiger partial charge in [-0.15, -0.1) is 0 Å². The SMILES string of the molecule is C(=Cc1ccccc1)CN1CCN(C2CCSC2)CC1. The van der Waals surface area contributed by atoms with E-state index < -0.39 is 0 Å². The maximum Gasteiger partial charge on any atom is 0.0195 e. The number of thioether (sulfide) groups is 1. The first-order valence-electron chi connectivity index (χ1n) is 7.67. The Morgan fingerprint density at radius 1 is 1.10 bits per heavy atom. The van der Waals surface area contributed by atoms with E-state index in [0.717, 1.165) is 12.6 Å². The van der Waals surface area contributed by atoms with Crippen LogP contribution < -0.4 is 0 Å². The Bertz CT molecular complexity index is 418. The summed E-state index contributed by atoms with van der Waals surface area (Å²) in [4.78, 5) is 5.27. The van der Waals surface area contributed by atoms with Crippen molar-refractivity contribution in [3.05, 3.63) is 42.0 Å². The normalized spacial score (nSPS) is 25.5.